The minimum Gasteiger partial charge on any atom is -0.467 e. The van der Waals surface area contributed by atoms with Crippen molar-refractivity contribution in [1.82, 2.24) is 4.90 Å². The van der Waals surface area contributed by atoms with E-state index in [0.717, 1.165) is 0 Å². The van der Waals surface area contributed by atoms with Gasteiger partial charge in [-0.2, -0.15) is 0 Å². The molecule has 8 nitrogen and oxygen atoms in total. The largest absolute Gasteiger partial charge is 0.467 e. The number of carbonyl (C=O) groups excluding carboxylic acids is 2. The van der Waals surface area contributed by atoms with Gasteiger partial charge in [-0.15, -0.1) is 0 Å². The van der Waals surface area contributed by atoms with E-state index >= 15 is 0 Å². The standard InChI is InChI=1S/C13H14N2O6/c1-20-13(17)11-8-14(6-7-21-11)12(16)9-2-4-10(5-3-9)15(18)19/h2-5,11H,6-8H2,1H3. The molecule has 1 heterocycles. The number of hydrogen-bond donors (Lipinski definition) is 0. The maximum Gasteiger partial charge on any atom is 0.336 e. The van der Waals surface area contributed by atoms with E-state index in [1.165, 1.54) is 36.3 Å². The lowest BCUT2D eigenvalue weighted by Crippen LogP contribution is -2.48. The molecule has 0 aliphatic carbocycles. The predicted molar refractivity (Wildman–Crippen MR) is 70.8 cm³/mol. The molecule has 1 amide bonds. The Labute approximate surface area is 120 Å². The normalized spacial score (nSPS) is 18.1. The van der Waals surface area contributed by atoms with Gasteiger partial charge in [-0.25, -0.2) is 4.79 Å². The number of ether oxygens (including phenoxy) is 2. The molecule has 21 heavy (non-hydrogen) atoms. The van der Waals surface area contributed by atoms with Crippen molar-refractivity contribution >= 4 is 17.6 Å². The number of morpholine rings is 1. The van der Waals surface area contributed by atoms with E-state index < -0.39 is 17.0 Å². The summed E-state index contributed by atoms with van der Waals surface area (Å²) >= 11 is 0. The van der Waals surface area contributed by atoms with E-state index in [2.05, 4.69) is 4.74 Å². The first-order chi connectivity index (χ1) is 10.0. The second-order valence-electron chi connectivity index (χ2n) is 4.44. The zero-order chi connectivity index (χ0) is 15.4. The number of rotatable bonds is 3. The third-order valence-electron chi connectivity index (χ3n) is 3.14. The highest BCUT2D eigenvalue weighted by Crippen LogP contribution is 2.15. The minimum absolute atomic E-state index is 0.0824. The lowest BCUT2D eigenvalue weighted by molar-refractivity contribution is -0.384. The molecule has 1 saturated heterocycles. The van der Waals surface area contributed by atoms with Gasteiger partial charge in [0, 0.05) is 24.2 Å². The third kappa shape index (κ3) is 3.34. The first kappa shape index (κ1) is 14.9. The highest BCUT2D eigenvalue weighted by molar-refractivity contribution is 5.94. The van der Waals surface area contributed by atoms with Crippen LogP contribution in [0.3, 0.4) is 0 Å². The molecule has 0 N–H and O–H groups in total. The molecule has 1 aromatic rings. The van der Waals surface area contributed by atoms with E-state index in [9.17, 15) is 19.7 Å². The summed E-state index contributed by atoms with van der Waals surface area (Å²) in [5.41, 5.74) is 0.243. The van der Waals surface area contributed by atoms with Gasteiger partial charge in [0.05, 0.1) is 25.2 Å². The number of non-ortho nitro benzene ring substituents is 1. The van der Waals surface area contributed by atoms with Crippen molar-refractivity contribution in [2.75, 3.05) is 26.8 Å². The fraction of sp³-hybridized carbons (Fsp3) is 0.385. The molecule has 1 unspecified atom stereocenters. The van der Waals surface area contributed by atoms with E-state index in [-0.39, 0.29) is 24.7 Å². The smallest absolute Gasteiger partial charge is 0.336 e. The number of nitro benzene ring substituents is 1. The van der Waals surface area contributed by atoms with Gasteiger partial charge in [-0.05, 0) is 12.1 Å². The van der Waals surface area contributed by atoms with Gasteiger partial charge < -0.3 is 14.4 Å². The van der Waals surface area contributed by atoms with Crippen molar-refractivity contribution in [3.8, 4) is 0 Å². The number of hydrogen-bond acceptors (Lipinski definition) is 6. The maximum absolute atomic E-state index is 12.3. The zero-order valence-electron chi connectivity index (χ0n) is 11.4. The summed E-state index contributed by atoms with van der Waals surface area (Å²) in [6.07, 6.45) is -0.800. The fourth-order valence-corrected chi connectivity index (χ4v) is 2.02. The number of benzene rings is 1. The predicted octanol–water partition coefficient (Wildman–Crippen LogP) is 0.609. The molecule has 112 valence electrons. The monoisotopic (exact) mass is 294 g/mol. The van der Waals surface area contributed by atoms with Crippen LogP contribution in [0.5, 0.6) is 0 Å². The van der Waals surface area contributed by atoms with E-state index in [1.54, 1.807) is 0 Å². The molecule has 1 fully saturated rings. The first-order valence-corrected chi connectivity index (χ1v) is 6.26. The van der Waals surface area contributed by atoms with Gasteiger partial charge in [0.15, 0.2) is 6.10 Å². The SMILES string of the molecule is COC(=O)C1CN(C(=O)c2ccc([N+](=O)[O-])cc2)CCO1. The summed E-state index contributed by atoms with van der Waals surface area (Å²) in [5.74, 6) is -0.835. The second-order valence-corrected chi connectivity index (χ2v) is 4.44. The van der Waals surface area contributed by atoms with Crippen LogP contribution in [-0.2, 0) is 14.3 Å². The number of esters is 1. The van der Waals surface area contributed by atoms with Crippen molar-refractivity contribution < 1.29 is 24.0 Å². The van der Waals surface area contributed by atoms with Crippen molar-refractivity contribution in [3.05, 3.63) is 39.9 Å². The zero-order valence-corrected chi connectivity index (χ0v) is 11.4. The second kappa shape index (κ2) is 6.31. The van der Waals surface area contributed by atoms with Crippen LogP contribution in [0.25, 0.3) is 0 Å². The van der Waals surface area contributed by atoms with Crippen molar-refractivity contribution in [3.63, 3.8) is 0 Å². The number of methoxy groups -OCH3 is 1. The molecule has 0 spiro atoms. The summed E-state index contributed by atoms with van der Waals surface area (Å²) in [5, 5.41) is 10.6. The van der Waals surface area contributed by atoms with E-state index in [4.69, 9.17) is 4.74 Å². The number of carbonyl (C=O) groups is 2. The number of nitrogens with zero attached hydrogens (tertiary/aromatic N) is 2. The van der Waals surface area contributed by atoms with Crippen LogP contribution in [-0.4, -0.2) is 54.6 Å². The van der Waals surface area contributed by atoms with Crippen LogP contribution < -0.4 is 0 Å². The van der Waals surface area contributed by atoms with Crippen molar-refractivity contribution in [2.24, 2.45) is 0 Å². The molecule has 1 atom stereocenters. The Hall–Kier alpha value is -2.48. The molecule has 1 aliphatic heterocycles. The van der Waals surface area contributed by atoms with Crippen LogP contribution in [0.2, 0.25) is 0 Å². The van der Waals surface area contributed by atoms with Crippen LogP contribution in [0.4, 0.5) is 5.69 Å². The summed E-state index contributed by atoms with van der Waals surface area (Å²) in [6, 6.07) is 5.32. The summed E-state index contributed by atoms with van der Waals surface area (Å²) < 4.78 is 9.83. The molecular formula is C13H14N2O6. The molecule has 8 heteroatoms. The van der Waals surface area contributed by atoms with Crippen molar-refractivity contribution in [1.29, 1.82) is 0 Å². The van der Waals surface area contributed by atoms with Gasteiger partial charge in [-0.3, -0.25) is 14.9 Å². The van der Waals surface area contributed by atoms with Gasteiger partial charge in [0.2, 0.25) is 0 Å². The Morgan fingerprint density at radius 1 is 1.38 bits per heavy atom. The quantitative estimate of drug-likeness (QED) is 0.460. The Kier molecular flexibility index (Phi) is 4.49. The molecule has 0 saturated carbocycles. The summed E-state index contributed by atoms with van der Waals surface area (Å²) in [4.78, 5) is 35.2. The molecule has 2 rings (SSSR count). The van der Waals surface area contributed by atoms with Crippen LogP contribution in [0, 0.1) is 10.1 Å². The molecule has 0 bridgehead atoms. The Balaban J connectivity index is 2.08. The highest BCUT2D eigenvalue weighted by atomic mass is 16.6. The van der Waals surface area contributed by atoms with Crippen LogP contribution in [0.1, 0.15) is 10.4 Å². The molecule has 0 aromatic heterocycles. The summed E-state index contributed by atoms with van der Waals surface area (Å²) in [7, 11) is 1.25. The minimum atomic E-state index is -0.800. The van der Waals surface area contributed by atoms with Crippen molar-refractivity contribution in [2.45, 2.75) is 6.10 Å². The average Bonchev–Trinajstić information content (AvgIpc) is 2.53. The first-order valence-electron chi connectivity index (χ1n) is 6.26. The topological polar surface area (TPSA) is 99.0 Å². The molecule has 1 aliphatic rings. The van der Waals surface area contributed by atoms with E-state index in [1.807, 2.05) is 0 Å². The van der Waals surface area contributed by atoms with E-state index in [0.29, 0.717) is 12.1 Å². The number of amides is 1. The van der Waals surface area contributed by atoms with Crippen LogP contribution >= 0.6 is 0 Å². The maximum atomic E-state index is 12.3. The number of nitro groups is 1. The van der Waals surface area contributed by atoms with Gasteiger partial charge >= 0.3 is 5.97 Å². The van der Waals surface area contributed by atoms with Gasteiger partial charge in [0.1, 0.15) is 0 Å². The Bertz CT molecular complexity index is 556. The third-order valence-corrected chi connectivity index (χ3v) is 3.14. The van der Waals surface area contributed by atoms with Gasteiger partial charge in [0.25, 0.3) is 11.6 Å². The van der Waals surface area contributed by atoms with Gasteiger partial charge in [-0.1, -0.05) is 0 Å². The lowest BCUT2D eigenvalue weighted by Gasteiger charge is -2.31. The Morgan fingerprint density at radius 3 is 2.62 bits per heavy atom. The van der Waals surface area contributed by atoms with Crippen LogP contribution in [0.15, 0.2) is 24.3 Å². The molecular weight excluding hydrogens is 280 g/mol. The Morgan fingerprint density at radius 2 is 2.05 bits per heavy atom. The average molecular weight is 294 g/mol. The molecule has 0 radical (unpaired) electrons. The lowest BCUT2D eigenvalue weighted by atomic mass is 10.1. The summed E-state index contributed by atoms with van der Waals surface area (Å²) in [6.45, 7) is 0.685. The molecule has 1 aromatic carbocycles. The highest BCUT2D eigenvalue weighted by Gasteiger charge is 2.30. The fourth-order valence-electron chi connectivity index (χ4n) is 2.02.